The Morgan fingerprint density at radius 3 is 2.90 bits per heavy atom. The lowest BCUT2D eigenvalue weighted by Crippen LogP contribution is -2.48. The zero-order valence-electron chi connectivity index (χ0n) is 11.1. The number of rotatable bonds is 2. The number of nitrogens with one attached hydrogen (secondary N) is 2. The maximum absolute atomic E-state index is 13.3. The van der Waals surface area contributed by atoms with Crippen LogP contribution < -0.4 is 10.6 Å². The third-order valence-corrected chi connectivity index (χ3v) is 3.92. The molecule has 2 heterocycles. The number of amides is 3. The number of benzene rings is 1. The third-order valence-electron chi connectivity index (χ3n) is 3.92. The lowest BCUT2D eigenvalue weighted by atomic mass is 9.99. The van der Waals surface area contributed by atoms with Crippen LogP contribution in [0.4, 0.5) is 9.18 Å². The van der Waals surface area contributed by atoms with E-state index in [9.17, 15) is 14.0 Å². The number of carbonyl (C=O) groups excluding carboxylic acids is 2. The smallest absolute Gasteiger partial charge is 0.322 e. The number of hydrogen-bond acceptors (Lipinski definition) is 4. The average Bonchev–Trinajstić information content (AvgIpc) is 3.01. The van der Waals surface area contributed by atoms with Gasteiger partial charge in [-0.25, -0.2) is 9.18 Å². The molecular weight excluding hydrogens is 275 g/mol. The minimum absolute atomic E-state index is 0.104. The molecule has 2 fully saturated rings. The van der Waals surface area contributed by atoms with E-state index in [2.05, 4.69) is 10.6 Å². The van der Waals surface area contributed by atoms with Crippen LogP contribution in [0.3, 0.4) is 0 Å². The number of nitrogens with zero attached hydrogens (tertiary/aromatic N) is 2. The van der Waals surface area contributed by atoms with Crippen molar-refractivity contribution in [1.82, 2.24) is 15.5 Å². The summed E-state index contributed by atoms with van der Waals surface area (Å²) in [6, 6.07) is 5.13. The monoisotopic (exact) mass is 288 g/mol. The molecule has 0 radical (unpaired) electrons. The van der Waals surface area contributed by atoms with Crippen LogP contribution in [-0.2, 0) is 11.3 Å². The SMILES string of the molecule is N#Cc1ccc(F)cc1CN1C(=O)NC2(CCNC2)C1=O. The van der Waals surface area contributed by atoms with E-state index in [-0.39, 0.29) is 18.0 Å². The lowest BCUT2D eigenvalue weighted by Gasteiger charge is -2.19. The minimum atomic E-state index is -0.892. The van der Waals surface area contributed by atoms with E-state index in [1.165, 1.54) is 18.2 Å². The van der Waals surface area contributed by atoms with Crippen molar-refractivity contribution in [2.75, 3.05) is 13.1 Å². The first-order chi connectivity index (χ1) is 10.1. The zero-order valence-corrected chi connectivity index (χ0v) is 11.1. The van der Waals surface area contributed by atoms with Gasteiger partial charge in [0.1, 0.15) is 11.4 Å². The fourth-order valence-electron chi connectivity index (χ4n) is 2.77. The van der Waals surface area contributed by atoms with Gasteiger partial charge in [-0.05, 0) is 36.7 Å². The average molecular weight is 288 g/mol. The molecule has 0 saturated carbocycles. The van der Waals surface area contributed by atoms with Crippen LogP contribution in [0.2, 0.25) is 0 Å². The van der Waals surface area contributed by atoms with Gasteiger partial charge in [0.2, 0.25) is 0 Å². The summed E-state index contributed by atoms with van der Waals surface area (Å²) in [7, 11) is 0. The molecule has 3 rings (SSSR count). The van der Waals surface area contributed by atoms with Gasteiger partial charge in [0.15, 0.2) is 0 Å². The fourth-order valence-corrected chi connectivity index (χ4v) is 2.77. The Labute approximate surface area is 120 Å². The summed E-state index contributed by atoms with van der Waals surface area (Å²) >= 11 is 0. The van der Waals surface area contributed by atoms with Gasteiger partial charge < -0.3 is 10.6 Å². The van der Waals surface area contributed by atoms with E-state index in [0.717, 1.165) is 4.90 Å². The topological polar surface area (TPSA) is 85.2 Å². The van der Waals surface area contributed by atoms with E-state index in [0.29, 0.717) is 25.1 Å². The van der Waals surface area contributed by atoms with Crippen LogP contribution in [0, 0.1) is 17.1 Å². The first-order valence-corrected chi connectivity index (χ1v) is 6.59. The summed E-state index contributed by atoms with van der Waals surface area (Å²) < 4.78 is 13.3. The van der Waals surface area contributed by atoms with Gasteiger partial charge in [0, 0.05) is 6.54 Å². The molecule has 2 saturated heterocycles. The molecule has 108 valence electrons. The Morgan fingerprint density at radius 1 is 1.43 bits per heavy atom. The van der Waals surface area contributed by atoms with Gasteiger partial charge in [-0.2, -0.15) is 5.26 Å². The second kappa shape index (κ2) is 4.82. The van der Waals surface area contributed by atoms with E-state index < -0.39 is 17.4 Å². The van der Waals surface area contributed by atoms with E-state index in [1.807, 2.05) is 6.07 Å². The van der Waals surface area contributed by atoms with Crippen molar-refractivity contribution in [3.63, 3.8) is 0 Å². The number of carbonyl (C=O) groups is 2. The van der Waals surface area contributed by atoms with Crippen molar-refractivity contribution in [2.45, 2.75) is 18.5 Å². The summed E-state index contributed by atoms with van der Waals surface area (Å²) in [4.78, 5) is 25.5. The van der Waals surface area contributed by atoms with Crippen molar-refractivity contribution >= 4 is 11.9 Å². The van der Waals surface area contributed by atoms with Crippen molar-refractivity contribution in [3.05, 3.63) is 35.1 Å². The van der Waals surface area contributed by atoms with Crippen LogP contribution in [0.1, 0.15) is 17.5 Å². The molecular formula is C14H13FN4O2. The molecule has 0 aromatic heterocycles. The highest BCUT2D eigenvalue weighted by Crippen LogP contribution is 2.26. The second-order valence-corrected chi connectivity index (χ2v) is 5.24. The number of nitriles is 1. The molecule has 1 unspecified atom stereocenters. The Kier molecular flexibility index (Phi) is 3.11. The van der Waals surface area contributed by atoms with Gasteiger partial charge in [-0.1, -0.05) is 0 Å². The first kappa shape index (κ1) is 13.5. The largest absolute Gasteiger partial charge is 0.325 e. The number of halogens is 1. The molecule has 0 aliphatic carbocycles. The Bertz CT molecular complexity index is 661. The zero-order chi connectivity index (χ0) is 15.0. The third kappa shape index (κ3) is 2.14. The molecule has 2 aliphatic heterocycles. The minimum Gasteiger partial charge on any atom is -0.322 e. The molecule has 21 heavy (non-hydrogen) atoms. The molecule has 2 aliphatic rings. The first-order valence-electron chi connectivity index (χ1n) is 6.59. The van der Waals surface area contributed by atoms with E-state index in [4.69, 9.17) is 5.26 Å². The molecule has 1 spiro atoms. The van der Waals surface area contributed by atoms with Crippen molar-refractivity contribution in [2.24, 2.45) is 0 Å². The summed E-state index contributed by atoms with van der Waals surface area (Å²) in [5.74, 6) is -0.834. The van der Waals surface area contributed by atoms with Gasteiger partial charge in [0.05, 0.1) is 18.2 Å². The maximum Gasteiger partial charge on any atom is 0.325 e. The van der Waals surface area contributed by atoms with E-state index in [1.54, 1.807) is 0 Å². The molecule has 6 nitrogen and oxygen atoms in total. The molecule has 1 atom stereocenters. The summed E-state index contributed by atoms with van der Waals surface area (Å²) in [5, 5.41) is 14.8. The van der Waals surface area contributed by atoms with Gasteiger partial charge in [-0.15, -0.1) is 0 Å². The molecule has 1 aromatic carbocycles. The number of hydrogen-bond donors (Lipinski definition) is 2. The second-order valence-electron chi connectivity index (χ2n) is 5.24. The van der Waals surface area contributed by atoms with Crippen molar-refractivity contribution < 1.29 is 14.0 Å². The van der Waals surface area contributed by atoms with Gasteiger partial charge >= 0.3 is 6.03 Å². The standard InChI is InChI=1S/C14H13FN4O2/c15-11-2-1-9(6-16)10(5-11)7-19-12(20)14(18-13(19)21)3-4-17-8-14/h1-2,5,17H,3-4,7-8H2,(H,18,21). The predicted molar refractivity (Wildman–Crippen MR) is 70.4 cm³/mol. The lowest BCUT2D eigenvalue weighted by molar-refractivity contribution is -0.131. The summed E-state index contributed by atoms with van der Waals surface area (Å²) in [6.45, 7) is 0.943. The molecule has 3 amide bonds. The van der Waals surface area contributed by atoms with E-state index >= 15 is 0 Å². The van der Waals surface area contributed by atoms with Crippen LogP contribution >= 0.6 is 0 Å². The van der Waals surface area contributed by atoms with Crippen LogP contribution in [0.25, 0.3) is 0 Å². The number of imide groups is 1. The summed E-state index contributed by atoms with van der Waals surface area (Å²) in [6.07, 6.45) is 0.530. The maximum atomic E-state index is 13.3. The van der Waals surface area contributed by atoms with Crippen LogP contribution in [0.15, 0.2) is 18.2 Å². The highest BCUT2D eigenvalue weighted by molar-refractivity contribution is 6.07. The van der Waals surface area contributed by atoms with Crippen LogP contribution in [0.5, 0.6) is 0 Å². The van der Waals surface area contributed by atoms with Crippen molar-refractivity contribution in [1.29, 1.82) is 5.26 Å². The predicted octanol–water partition coefficient (Wildman–Crippen LogP) is 0.481. The fraction of sp³-hybridized carbons (Fsp3) is 0.357. The normalized spacial score (nSPS) is 24.5. The number of urea groups is 1. The van der Waals surface area contributed by atoms with Gasteiger partial charge in [-0.3, -0.25) is 9.69 Å². The summed E-state index contributed by atoms with van der Waals surface area (Å²) in [5.41, 5.74) is -0.316. The molecule has 0 bridgehead atoms. The molecule has 1 aromatic rings. The Balaban J connectivity index is 1.89. The van der Waals surface area contributed by atoms with Crippen molar-refractivity contribution in [3.8, 4) is 6.07 Å². The molecule has 2 N–H and O–H groups in total. The quantitative estimate of drug-likeness (QED) is 0.775. The Morgan fingerprint density at radius 2 is 2.24 bits per heavy atom. The van der Waals surface area contributed by atoms with Gasteiger partial charge in [0.25, 0.3) is 5.91 Å². The highest BCUT2D eigenvalue weighted by atomic mass is 19.1. The van der Waals surface area contributed by atoms with Crippen LogP contribution in [-0.4, -0.2) is 35.5 Å². The molecule has 7 heteroatoms. The highest BCUT2D eigenvalue weighted by Gasteiger charge is 2.52. The Hall–Kier alpha value is -2.46.